The summed E-state index contributed by atoms with van der Waals surface area (Å²) in [6.45, 7) is 6.61. The molecule has 1 aliphatic heterocycles. The quantitative estimate of drug-likeness (QED) is 0.846. The number of aromatic amines is 1. The van der Waals surface area contributed by atoms with Gasteiger partial charge in [-0.2, -0.15) is 0 Å². The van der Waals surface area contributed by atoms with Gasteiger partial charge in [0.2, 0.25) is 5.91 Å². The van der Waals surface area contributed by atoms with Crippen molar-refractivity contribution in [3.63, 3.8) is 0 Å². The molecule has 25 heavy (non-hydrogen) atoms. The summed E-state index contributed by atoms with van der Waals surface area (Å²) < 4.78 is 1.11. The Morgan fingerprint density at radius 1 is 1.36 bits per heavy atom. The number of amides is 1. The van der Waals surface area contributed by atoms with Gasteiger partial charge >= 0.3 is 0 Å². The fourth-order valence-corrected chi connectivity index (χ4v) is 5.53. The Hall–Kier alpha value is -1.33. The van der Waals surface area contributed by atoms with Crippen LogP contribution in [0.15, 0.2) is 22.8 Å². The highest BCUT2D eigenvalue weighted by atomic mass is 79.9. The minimum atomic E-state index is 0.102. The van der Waals surface area contributed by atoms with E-state index in [1.54, 1.807) is 0 Å². The van der Waals surface area contributed by atoms with Crippen LogP contribution in [-0.4, -0.2) is 53.4 Å². The number of nitrogens with zero attached hydrogens (tertiary/aromatic N) is 2. The zero-order valence-corrected chi connectivity index (χ0v) is 16.8. The van der Waals surface area contributed by atoms with Crippen molar-refractivity contribution in [3.05, 3.63) is 33.9 Å². The van der Waals surface area contributed by atoms with Crippen molar-refractivity contribution >= 4 is 32.7 Å². The molecule has 1 amide bonds. The summed E-state index contributed by atoms with van der Waals surface area (Å²) in [6.07, 6.45) is 2.01. The van der Waals surface area contributed by atoms with E-state index in [9.17, 15) is 4.79 Å². The summed E-state index contributed by atoms with van der Waals surface area (Å²) in [7, 11) is 2.19. The molecular formula is C20H26BrN3O. The van der Waals surface area contributed by atoms with Gasteiger partial charge in [-0.25, -0.2) is 0 Å². The molecule has 1 saturated heterocycles. The number of carbonyl (C=O) groups excluding carboxylic acids is 1. The van der Waals surface area contributed by atoms with E-state index in [1.807, 2.05) is 4.90 Å². The molecule has 0 radical (unpaired) electrons. The normalized spacial score (nSPS) is 25.8. The van der Waals surface area contributed by atoms with Gasteiger partial charge in [-0.05, 0) is 66.9 Å². The average molecular weight is 404 g/mol. The largest absolute Gasteiger partial charge is 0.349 e. The number of piperidine rings is 1. The number of likely N-dealkylation sites (N-methyl/N-ethyl adjacent to an activating group) is 1. The summed E-state index contributed by atoms with van der Waals surface area (Å²) in [5.41, 5.74) is 4.01. The van der Waals surface area contributed by atoms with Crippen LogP contribution < -0.4 is 0 Å². The number of hydrogen-bond donors (Lipinski definition) is 1. The number of H-pyrrole nitrogens is 1. The van der Waals surface area contributed by atoms with E-state index < -0.39 is 0 Å². The first-order valence-electron chi connectivity index (χ1n) is 9.33. The smallest absolute Gasteiger partial charge is 0.226 e. The molecule has 5 heteroatoms. The van der Waals surface area contributed by atoms with E-state index in [0.717, 1.165) is 37.1 Å². The number of benzene rings is 1. The molecule has 1 N–H and O–H groups in total. The van der Waals surface area contributed by atoms with Crippen molar-refractivity contribution in [1.82, 2.24) is 14.8 Å². The van der Waals surface area contributed by atoms with Gasteiger partial charge in [0.25, 0.3) is 0 Å². The number of rotatable bonds is 3. The monoisotopic (exact) mass is 403 g/mol. The van der Waals surface area contributed by atoms with Crippen LogP contribution in [0.5, 0.6) is 0 Å². The Balaban J connectivity index is 1.72. The van der Waals surface area contributed by atoms with Crippen LogP contribution in [0.4, 0.5) is 0 Å². The van der Waals surface area contributed by atoms with Gasteiger partial charge < -0.3 is 14.8 Å². The zero-order chi connectivity index (χ0) is 17.7. The van der Waals surface area contributed by atoms with Crippen LogP contribution in [0.25, 0.3) is 10.9 Å². The van der Waals surface area contributed by atoms with Crippen LogP contribution in [0.1, 0.15) is 37.3 Å². The van der Waals surface area contributed by atoms with E-state index >= 15 is 0 Å². The molecule has 2 aromatic rings. The van der Waals surface area contributed by atoms with Gasteiger partial charge in [0.1, 0.15) is 0 Å². The molecule has 2 aliphatic rings. The second-order valence-corrected chi connectivity index (χ2v) is 8.24. The van der Waals surface area contributed by atoms with Gasteiger partial charge in [-0.3, -0.25) is 4.79 Å². The lowest BCUT2D eigenvalue weighted by molar-refractivity contribution is -0.137. The number of fused-ring (bicyclic) bond motifs is 2. The van der Waals surface area contributed by atoms with Crippen molar-refractivity contribution in [1.29, 1.82) is 0 Å². The first-order chi connectivity index (χ1) is 12.0. The molecule has 134 valence electrons. The molecule has 1 fully saturated rings. The molecular weight excluding hydrogens is 378 g/mol. The Labute approximate surface area is 157 Å². The van der Waals surface area contributed by atoms with Crippen molar-refractivity contribution < 1.29 is 4.79 Å². The van der Waals surface area contributed by atoms with Gasteiger partial charge in [0.15, 0.2) is 0 Å². The maximum atomic E-state index is 13.0. The van der Waals surface area contributed by atoms with Crippen molar-refractivity contribution in [2.75, 3.05) is 26.7 Å². The predicted octanol–water partition coefficient (Wildman–Crippen LogP) is 3.76. The Morgan fingerprint density at radius 2 is 2.12 bits per heavy atom. The summed E-state index contributed by atoms with van der Waals surface area (Å²) in [5.74, 6) is 0.857. The summed E-state index contributed by atoms with van der Waals surface area (Å²) >= 11 is 3.71. The van der Waals surface area contributed by atoms with Gasteiger partial charge in [-0.1, -0.05) is 12.1 Å². The standard InChI is InChI=1S/C20H26BrN3O/c1-4-24(5-2)20(25)12-9-14-13-7-6-8-16-18(13)15(19(21)22-16)10-17(14)23(3)11-12/h6-8,12,14,17,22H,4-5,9-11H2,1-3H3/t12-,14-,17-/m1/s1. The van der Waals surface area contributed by atoms with Crippen LogP contribution in [0, 0.1) is 5.92 Å². The molecule has 4 nitrogen and oxygen atoms in total. The maximum absolute atomic E-state index is 13.0. The van der Waals surface area contributed by atoms with Gasteiger partial charge in [0, 0.05) is 42.5 Å². The number of carbonyl (C=O) groups is 1. The lowest BCUT2D eigenvalue weighted by Crippen LogP contribution is -2.52. The first kappa shape index (κ1) is 17.1. The number of hydrogen-bond acceptors (Lipinski definition) is 2. The Kier molecular flexibility index (Phi) is 4.40. The van der Waals surface area contributed by atoms with Crippen molar-refractivity contribution in [2.24, 2.45) is 5.92 Å². The summed E-state index contributed by atoms with van der Waals surface area (Å²) in [4.78, 5) is 20.8. The summed E-state index contributed by atoms with van der Waals surface area (Å²) in [6, 6.07) is 7.04. The number of likely N-dealkylation sites (tertiary alicyclic amines) is 1. The first-order valence-corrected chi connectivity index (χ1v) is 10.1. The topological polar surface area (TPSA) is 39.3 Å². The highest BCUT2D eigenvalue weighted by molar-refractivity contribution is 9.10. The second-order valence-electron chi connectivity index (χ2n) is 7.45. The van der Waals surface area contributed by atoms with Crippen LogP contribution >= 0.6 is 15.9 Å². The van der Waals surface area contributed by atoms with E-state index in [4.69, 9.17) is 0 Å². The minimum absolute atomic E-state index is 0.102. The van der Waals surface area contributed by atoms with Crippen molar-refractivity contribution in [2.45, 2.75) is 38.6 Å². The lowest BCUT2D eigenvalue weighted by Gasteiger charge is -2.45. The van der Waals surface area contributed by atoms with Gasteiger partial charge in [0.05, 0.1) is 10.5 Å². The molecule has 0 bridgehead atoms. The van der Waals surface area contributed by atoms with E-state index in [1.165, 1.54) is 22.0 Å². The number of halogens is 1. The molecule has 3 atom stereocenters. The SMILES string of the molecule is CCN(CC)C(=O)[C@@H]1C[C@@H]2c3cccc4[nH]c(Br)c(c34)C[C@H]2N(C)C1. The fourth-order valence-electron chi connectivity index (χ4n) is 4.96. The molecule has 0 spiro atoms. The van der Waals surface area contributed by atoms with Gasteiger partial charge in [-0.15, -0.1) is 0 Å². The molecule has 1 aromatic heterocycles. The van der Waals surface area contributed by atoms with E-state index in [2.05, 4.69) is 64.9 Å². The molecule has 0 saturated carbocycles. The molecule has 1 aromatic carbocycles. The van der Waals surface area contributed by atoms with Crippen LogP contribution in [0.2, 0.25) is 0 Å². The third-order valence-electron chi connectivity index (χ3n) is 6.22. The lowest BCUT2D eigenvalue weighted by atomic mass is 9.72. The Bertz CT molecular complexity index is 811. The minimum Gasteiger partial charge on any atom is -0.349 e. The van der Waals surface area contributed by atoms with E-state index in [-0.39, 0.29) is 5.92 Å². The second kappa shape index (κ2) is 6.44. The molecule has 4 rings (SSSR count). The molecule has 1 aliphatic carbocycles. The Morgan fingerprint density at radius 3 is 2.84 bits per heavy atom. The van der Waals surface area contributed by atoms with Crippen LogP contribution in [0.3, 0.4) is 0 Å². The number of aromatic nitrogens is 1. The summed E-state index contributed by atoms with van der Waals surface area (Å²) in [5, 5.41) is 1.37. The third kappa shape index (κ3) is 2.63. The number of nitrogens with one attached hydrogen (secondary N) is 1. The highest BCUT2D eigenvalue weighted by Crippen LogP contribution is 2.46. The van der Waals surface area contributed by atoms with Crippen LogP contribution in [-0.2, 0) is 11.2 Å². The molecule has 0 unspecified atom stereocenters. The van der Waals surface area contributed by atoms with Crippen molar-refractivity contribution in [3.8, 4) is 0 Å². The maximum Gasteiger partial charge on any atom is 0.226 e. The highest BCUT2D eigenvalue weighted by Gasteiger charge is 2.42. The predicted molar refractivity (Wildman–Crippen MR) is 105 cm³/mol. The third-order valence-corrected chi connectivity index (χ3v) is 6.90. The zero-order valence-electron chi connectivity index (χ0n) is 15.2. The average Bonchev–Trinajstić information content (AvgIpc) is 2.93. The molecule has 2 heterocycles. The fraction of sp³-hybridized carbons (Fsp3) is 0.550. The van der Waals surface area contributed by atoms with E-state index in [0.29, 0.717) is 17.9 Å².